The van der Waals surface area contributed by atoms with Crippen molar-refractivity contribution in [1.29, 1.82) is 0 Å². The summed E-state index contributed by atoms with van der Waals surface area (Å²) in [7, 11) is 0. The Morgan fingerprint density at radius 1 is 0.850 bits per heavy atom. The van der Waals surface area contributed by atoms with Crippen LogP contribution in [0.2, 0.25) is 0 Å². The van der Waals surface area contributed by atoms with Crippen LogP contribution in [-0.2, 0) is 0 Å². The van der Waals surface area contributed by atoms with Crippen LogP contribution in [0.4, 0.5) is 5.95 Å². The van der Waals surface area contributed by atoms with Crippen LogP contribution in [0.5, 0.6) is 0 Å². The Balaban J connectivity index is 1.83. The number of anilines is 1. The molecular formula is C16H20N4. The molecule has 20 heavy (non-hydrogen) atoms. The molecule has 4 heteroatoms. The van der Waals surface area contributed by atoms with E-state index in [9.17, 15) is 0 Å². The lowest BCUT2D eigenvalue weighted by molar-refractivity contribution is 0.549. The summed E-state index contributed by atoms with van der Waals surface area (Å²) in [6.45, 7) is 2.08. The van der Waals surface area contributed by atoms with E-state index in [1.54, 1.807) is 6.20 Å². The molecule has 0 amide bonds. The fourth-order valence-corrected chi connectivity index (χ4v) is 2.62. The van der Waals surface area contributed by atoms with Gasteiger partial charge in [0.05, 0.1) is 11.9 Å². The SMILES string of the molecule is c1ccc(-c2cnnc(N3CCCCCCC3)n2)cc1. The second kappa shape index (κ2) is 6.46. The standard InChI is InChI=1S/C16H20N4/c1-2-7-11-20(12-8-3-1)16-18-15(13-17-19-16)14-9-5-4-6-10-14/h4-6,9-10,13H,1-3,7-8,11-12H2. The van der Waals surface area contributed by atoms with E-state index in [1.807, 2.05) is 18.2 Å². The molecule has 1 aromatic carbocycles. The first kappa shape index (κ1) is 13.0. The molecular weight excluding hydrogens is 248 g/mol. The maximum absolute atomic E-state index is 4.69. The van der Waals surface area contributed by atoms with Crippen LogP contribution >= 0.6 is 0 Å². The third-order valence-corrected chi connectivity index (χ3v) is 3.76. The maximum atomic E-state index is 4.69. The van der Waals surface area contributed by atoms with Crippen LogP contribution in [0.15, 0.2) is 36.5 Å². The molecule has 0 unspecified atom stereocenters. The van der Waals surface area contributed by atoms with Crippen molar-refractivity contribution >= 4 is 5.95 Å². The Morgan fingerprint density at radius 3 is 2.30 bits per heavy atom. The normalized spacial score (nSPS) is 16.5. The van der Waals surface area contributed by atoms with Crippen molar-refractivity contribution in [2.75, 3.05) is 18.0 Å². The Kier molecular flexibility index (Phi) is 4.21. The van der Waals surface area contributed by atoms with Crippen LogP contribution in [-0.4, -0.2) is 28.3 Å². The van der Waals surface area contributed by atoms with Crippen molar-refractivity contribution in [2.45, 2.75) is 32.1 Å². The van der Waals surface area contributed by atoms with Crippen molar-refractivity contribution in [2.24, 2.45) is 0 Å². The minimum absolute atomic E-state index is 0.772. The van der Waals surface area contributed by atoms with Gasteiger partial charge >= 0.3 is 0 Å². The Labute approximate surface area is 119 Å². The topological polar surface area (TPSA) is 41.9 Å². The molecule has 3 rings (SSSR count). The van der Waals surface area contributed by atoms with E-state index >= 15 is 0 Å². The molecule has 0 bridgehead atoms. The molecule has 1 aliphatic rings. The first-order chi connectivity index (χ1) is 9.93. The highest BCUT2D eigenvalue weighted by Crippen LogP contribution is 2.19. The molecule has 0 N–H and O–H groups in total. The molecule has 0 radical (unpaired) electrons. The Hall–Kier alpha value is -1.97. The summed E-state index contributed by atoms with van der Waals surface area (Å²) < 4.78 is 0. The van der Waals surface area contributed by atoms with Crippen LogP contribution in [0.3, 0.4) is 0 Å². The van der Waals surface area contributed by atoms with Gasteiger partial charge in [-0.15, -0.1) is 5.10 Å². The molecule has 104 valence electrons. The van der Waals surface area contributed by atoms with E-state index in [1.165, 1.54) is 32.1 Å². The van der Waals surface area contributed by atoms with Crippen molar-refractivity contribution in [3.8, 4) is 11.3 Å². The molecule has 0 saturated carbocycles. The third-order valence-electron chi connectivity index (χ3n) is 3.76. The highest BCUT2D eigenvalue weighted by Gasteiger charge is 2.13. The number of nitrogens with zero attached hydrogens (tertiary/aromatic N) is 4. The van der Waals surface area contributed by atoms with Gasteiger partial charge in [-0.3, -0.25) is 0 Å². The summed E-state index contributed by atoms with van der Waals surface area (Å²) in [6.07, 6.45) is 8.16. The largest absolute Gasteiger partial charge is 0.340 e. The number of hydrogen-bond donors (Lipinski definition) is 0. The summed E-state index contributed by atoms with van der Waals surface area (Å²) in [4.78, 5) is 6.97. The van der Waals surface area contributed by atoms with E-state index < -0.39 is 0 Å². The second-order valence-electron chi connectivity index (χ2n) is 5.26. The number of hydrogen-bond acceptors (Lipinski definition) is 4. The van der Waals surface area contributed by atoms with E-state index in [0.29, 0.717) is 0 Å². The fraction of sp³-hybridized carbons (Fsp3) is 0.438. The van der Waals surface area contributed by atoms with E-state index in [0.717, 1.165) is 30.3 Å². The maximum Gasteiger partial charge on any atom is 0.245 e. The molecule has 1 aromatic heterocycles. The average molecular weight is 268 g/mol. The molecule has 1 fully saturated rings. The summed E-state index contributed by atoms with van der Waals surface area (Å²) in [5, 5.41) is 8.36. The zero-order valence-corrected chi connectivity index (χ0v) is 11.7. The Morgan fingerprint density at radius 2 is 1.55 bits per heavy atom. The third kappa shape index (κ3) is 3.13. The van der Waals surface area contributed by atoms with Crippen molar-refractivity contribution in [1.82, 2.24) is 15.2 Å². The minimum atomic E-state index is 0.772. The van der Waals surface area contributed by atoms with Gasteiger partial charge in [0, 0.05) is 18.7 Å². The van der Waals surface area contributed by atoms with Gasteiger partial charge < -0.3 is 4.90 Å². The monoisotopic (exact) mass is 268 g/mol. The summed E-state index contributed by atoms with van der Waals surface area (Å²) in [5.41, 5.74) is 1.99. The molecule has 4 nitrogen and oxygen atoms in total. The van der Waals surface area contributed by atoms with Gasteiger partial charge in [0.2, 0.25) is 5.95 Å². The molecule has 0 aliphatic carbocycles. The highest BCUT2D eigenvalue weighted by molar-refractivity contribution is 5.58. The van der Waals surface area contributed by atoms with Gasteiger partial charge in [-0.25, -0.2) is 4.98 Å². The summed E-state index contributed by atoms with van der Waals surface area (Å²) >= 11 is 0. The number of benzene rings is 1. The lowest BCUT2D eigenvalue weighted by atomic mass is 10.1. The van der Waals surface area contributed by atoms with Crippen LogP contribution in [0.1, 0.15) is 32.1 Å². The van der Waals surface area contributed by atoms with Gasteiger partial charge in [0.25, 0.3) is 0 Å². The van der Waals surface area contributed by atoms with Crippen molar-refractivity contribution in [3.63, 3.8) is 0 Å². The van der Waals surface area contributed by atoms with E-state index in [-0.39, 0.29) is 0 Å². The fourth-order valence-electron chi connectivity index (χ4n) is 2.62. The van der Waals surface area contributed by atoms with Crippen molar-refractivity contribution in [3.05, 3.63) is 36.5 Å². The van der Waals surface area contributed by atoms with Gasteiger partial charge in [-0.05, 0) is 12.8 Å². The van der Waals surface area contributed by atoms with E-state index in [4.69, 9.17) is 4.98 Å². The predicted octanol–water partition coefficient (Wildman–Crippen LogP) is 3.31. The minimum Gasteiger partial charge on any atom is -0.340 e. The van der Waals surface area contributed by atoms with Gasteiger partial charge in [-0.2, -0.15) is 5.10 Å². The zero-order valence-electron chi connectivity index (χ0n) is 11.7. The average Bonchev–Trinajstić information content (AvgIpc) is 2.48. The van der Waals surface area contributed by atoms with Gasteiger partial charge in [0.1, 0.15) is 0 Å². The Bertz CT molecular complexity index is 533. The van der Waals surface area contributed by atoms with Crippen LogP contribution in [0, 0.1) is 0 Å². The summed E-state index contributed by atoms with van der Waals surface area (Å²) in [5.74, 6) is 0.772. The van der Waals surface area contributed by atoms with Crippen LogP contribution < -0.4 is 4.90 Å². The second-order valence-corrected chi connectivity index (χ2v) is 5.26. The van der Waals surface area contributed by atoms with Crippen molar-refractivity contribution < 1.29 is 0 Å². The molecule has 1 aliphatic heterocycles. The number of aromatic nitrogens is 3. The highest BCUT2D eigenvalue weighted by atomic mass is 15.3. The molecule has 2 heterocycles. The number of rotatable bonds is 2. The molecule has 0 spiro atoms. The summed E-state index contributed by atoms with van der Waals surface area (Å²) in [6, 6.07) is 10.2. The first-order valence-corrected chi connectivity index (χ1v) is 7.43. The van der Waals surface area contributed by atoms with Gasteiger partial charge in [0.15, 0.2) is 0 Å². The smallest absolute Gasteiger partial charge is 0.245 e. The van der Waals surface area contributed by atoms with E-state index in [2.05, 4.69) is 27.2 Å². The lowest BCUT2D eigenvalue weighted by Crippen LogP contribution is -2.29. The lowest BCUT2D eigenvalue weighted by Gasteiger charge is -2.24. The van der Waals surface area contributed by atoms with Crippen LogP contribution in [0.25, 0.3) is 11.3 Å². The molecule has 1 saturated heterocycles. The first-order valence-electron chi connectivity index (χ1n) is 7.43. The molecule has 2 aromatic rings. The quantitative estimate of drug-likeness (QED) is 0.838. The zero-order chi connectivity index (χ0) is 13.6. The van der Waals surface area contributed by atoms with Gasteiger partial charge in [-0.1, -0.05) is 49.6 Å². The molecule has 0 atom stereocenters. The predicted molar refractivity (Wildman–Crippen MR) is 80.6 cm³/mol.